The van der Waals surface area contributed by atoms with E-state index in [1.165, 1.54) is 0 Å². The lowest BCUT2D eigenvalue weighted by Crippen LogP contribution is -2.43. The van der Waals surface area contributed by atoms with E-state index in [1.54, 1.807) is 6.07 Å². The van der Waals surface area contributed by atoms with Crippen molar-refractivity contribution in [1.29, 1.82) is 0 Å². The molecule has 0 spiro atoms. The standard InChI is InChI=1S/C23H25N3O3/c1-26(2,3)16-22(27)25-24-18(14-13-17-9-5-4-6-10-17)15-21-19-11-7-8-12-20(19)23(28)29-21/h4-14,21H,15-16H2,1-3H3/p+1/b14-13+,24-18+. The van der Waals surface area contributed by atoms with E-state index in [4.69, 9.17) is 4.74 Å². The Balaban J connectivity index is 1.79. The molecule has 0 fully saturated rings. The van der Waals surface area contributed by atoms with Gasteiger partial charge in [0.15, 0.2) is 6.54 Å². The van der Waals surface area contributed by atoms with Crippen LogP contribution in [0.3, 0.4) is 0 Å². The molecule has 29 heavy (non-hydrogen) atoms. The summed E-state index contributed by atoms with van der Waals surface area (Å²) in [5, 5.41) is 4.31. The molecular weight excluding hydrogens is 366 g/mol. The maximum atomic E-state index is 12.2. The number of carbonyl (C=O) groups excluding carboxylic acids is 2. The van der Waals surface area contributed by atoms with Gasteiger partial charge in [0.05, 0.1) is 32.4 Å². The van der Waals surface area contributed by atoms with Crippen LogP contribution >= 0.6 is 0 Å². The first-order chi connectivity index (χ1) is 13.8. The van der Waals surface area contributed by atoms with Crippen molar-refractivity contribution < 1.29 is 18.8 Å². The van der Waals surface area contributed by atoms with E-state index in [0.717, 1.165) is 11.1 Å². The summed E-state index contributed by atoms with van der Waals surface area (Å²) >= 11 is 0. The first-order valence-corrected chi connectivity index (χ1v) is 9.51. The number of hydrazone groups is 1. The molecule has 0 aromatic heterocycles. The van der Waals surface area contributed by atoms with Gasteiger partial charge in [-0.3, -0.25) is 4.79 Å². The van der Waals surface area contributed by atoms with Gasteiger partial charge < -0.3 is 9.22 Å². The molecule has 1 atom stereocenters. The number of allylic oxidation sites excluding steroid dienone is 1. The fraction of sp³-hybridized carbons (Fsp3) is 0.261. The fourth-order valence-corrected chi connectivity index (χ4v) is 3.07. The zero-order valence-corrected chi connectivity index (χ0v) is 17.0. The molecule has 1 aliphatic heterocycles. The molecule has 2 aromatic rings. The Morgan fingerprint density at radius 1 is 1.10 bits per heavy atom. The molecule has 0 aliphatic carbocycles. The normalized spacial score (nSPS) is 16.6. The monoisotopic (exact) mass is 392 g/mol. The van der Waals surface area contributed by atoms with Gasteiger partial charge in [-0.05, 0) is 17.7 Å². The molecule has 1 unspecified atom stereocenters. The number of hydrogen-bond donors (Lipinski definition) is 1. The molecule has 1 amide bonds. The predicted molar refractivity (Wildman–Crippen MR) is 113 cm³/mol. The Morgan fingerprint density at radius 2 is 1.79 bits per heavy atom. The van der Waals surface area contributed by atoms with E-state index >= 15 is 0 Å². The topological polar surface area (TPSA) is 67.8 Å². The van der Waals surface area contributed by atoms with Crippen LogP contribution in [-0.4, -0.2) is 49.8 Å². The third-order valence-electron chi connectivity index (χ3n) is 4.38. The molecule has 0 radical (unpaired) electrons. The van der Waals surface area contributed by atoms with Crippen molar-refractivity contribution in [3.8, 4) is 0 Å². The van der Waals surface area contributed by atoms with Gasteiger partial charge >= 0.3 is 5.97 Å². The van der Waals surface area contributed by atoms with Gasteiger partial charge in [0.2, 0.25) is 0 Å². The molecule has 3 rings (SSSR count). The van der Waals surface area contributed by atoms with Gasteiger partial charge in [-0.25, -0.2) is 10.2 Å². The van der Waals surface area contributed by atoms with E-state index in [9.17, 15) is 9.59 Å². The number of quaternary nitrogens is 1. The van der Waals surface area contributed by atoms with E-state index in [1.807, 2.05) is 81.8 Å². The molecule has 6 nitrogen and oxygen atoms in total. The molecule has 1 heterocycles. The number of benzene rings is 2. The molecule has 1 N–H and O–H groups in total. The Labute approximate surface area is 171 Å². The second-order valence-electron chi connectivity index (χ2n) is 8.02. The fourth-order valence-electron chi connectivity index (χ4n) is 3.07. The van der Waals surface area contributed by atoms with Crippen LogP contribution in [0.4, 0.5) is 0 Å². The number of carbonyl (C=O) groups is 2. The van der Waals surface area contributed by atoms with E-state index < -0.39 is 6.10 Å². The summed E-state index contributed by atoms with van der Waals surface area (Å²) in [4.78, 5) is 24.3. The highest BCUT2D eigenvalue weighted by Crippen LogP contribution is 2.33. The smallest absolute Gasteiger partial charge is 0.339 e. The number of rotatable bonds is 7. The number of fused-ring (bicyclic) bond motifs is 1. The van der Waals surface area contributed by atoms with Crippen LogP contribution in [0.2, 0.25) is 0 Å². The summed E-state index contributed by atoms with van der Waals surface area (Å²) in [6.45, 7) is 0.306. The Morgan fingerprint density at radius 3 is 2.52 bits per heavy atom. The number of nitrogens with zero attached hydrogens (tertiary/aromatic N) is 2. The third-order valence-corrected chi connectivity index (χ3v) is 4.38. The summed E-state index contributed by atoms with van der Waals surface area (Å²) in [5.41, 5.74) is 5.69. The molecule has 0 saturated heterocycles. The van der Waals surface area contributed by atoms with Crippen LogP contribution in [0.15, 0.2) is 65.8 Å². The SMILES string of the molecule is C[N+](C)(C)CC(=O)N/N=C(\C=C\c1ccccc1)CC1OC(=O)c2ccccc21. The highest BCUT2D eigenvalue weighted by molar-refractivity contribution is 6.01. The van der Waals surface area contributed by atoms with Crippen molar-refractivity contribution in [2.75, 3.05) is 27.7 Å². The van der Waals surface area contributed by atoms with Crippen molar-refractivity contribution in [2.24, 2.45) is 5.10 Å². The second kappa shape index (κ2) is 8.84. The lowest BCUT2D eigenvalue weighted by molar-refractivity contribution is -0.862. The second-order valence-corrected chi connectivity index (χ2v) is 8.02. The van der Waals surface area contributed by atoms with Crippen molar-refractivity contribution >= 4 is 23.7 Å². The Kier molecular flexibility index (Phi) is 6.24. The summed E-state index contributed by atoms with van der Waals surface area (Å²) in [6.07, 6.45) is 3.72. The van der Waals surface area contributed by atoms with Crippen LogP contribution in [0.5, 0.6) is 0 Å². The Hall–Kier alpha value is -3.25. The van der Waals surface area contributed by atoms with Crippen molar-refractivity contribution in [2.45, 2.75) is 12.5 Å². The summed E-state index contributed by atoms with van der Waals surface area (Å²) in [7, 11) is 5.82. The number of likely N-dealkylation sites (N-methyl/N-ethyl adjacent to an activating group) is 1. The lowest BCUT2D eigenvalue weighted by Gasteiger charge is -2.22. The number of amides is 1. The van der Waals surface area contributed by atoms with E-state index in [-0.39, 0.29) is 11.9 Å². The minimum absolute atomic E-state index is 0.174. The third kappa shape index (κ3) is 5.86. The van der Waals surface area contributed by atoms with Crippen LogP contribution < -0.4 is 5.43 Å². The van der Waals surface area contributed by atoms with Crippen molar-refractivity contribution in [1.82, 2.24) is 5.43 Å². The van der Waals surface area contributed by atoms with Crippen molar-refractivity contribution in [3.63, 3.8) is 0 Å². The first-order valence-electron chi connectivity index (χ1n) is 9.51. The van der Waals surface area contributed by atoms with E-state index in [2.05, 4.69) is 10.5 Å². The molecule has 1 aliphatic rings. The highest BCUT2D eigenvalue weighted by atomic mass is 16.5. The number of hydrogen-bond acceptors (Lipinski definition) is 4. The van der Waals surface area contributed by atoms with Crippen LogP contribution in [0.1, 0.15) is 34.0 Å². The molecule has 150 valence electrons. The zero-order valence-electron chi connectivity index (χ0n) is 17.0. The lowest BCUT2D eigenvalue weighted by atomic mass is 10.0. The number of nitrogens with one attached hydrogen (secondary N) is 1. The maximum Gasteiger partial charge on any atom is 0.339 e. The van der Waals surface area contributed by atoms with Crippen LogP contribution in [0.25, 0.3) is 6.08 Å². The molecule has 2 aromatic carbocycles. The highest BCUT2D eigenvalue weighted by Gasteiger charge is 2.31. The maximum absolute atomic E-state index is 12.2. The minimum atomic E-state index is -0.423. The van der Waals surface area contributed by atoms with Gasteiger partial charge in [0.1, 0.15) is 6.10 Å². The molecular formula is C23H26N3O3+. The van der Waals surface area contributed by atoms with Crippen molar-refractivity contribution in [3.05, 3.63) is 77.4 Å². The van der Waals surface area contributed by atoms with Gasteiger partial charge in [-0.15, -0.1) is 0 Å². The average molecular weight is 392 g/mol. The largest absolute Gasteiger partial charge is 0.453 e. The Bertz CT molecular complexity index is 943. The predicted octanol–water partition coefficient (Wildman–Crippen LogP) is 3.18. The van der Waals surface area contributed by atoms with E-state index in [0.29, 0.717) is 28.7 Å². The molecule has 0 bridgehead atoms. The quantitative estimate of drug-likeness (QED) is 0.341. The summed E-state index contributed by atoms with van der Waals surface area (Å²) in [5.74, 6) is -0.502. The van der Waals surface area contributed by atoms with Crippen LogP contribution in [-0.2, 0) is 9.53 Å². The van der Waals surface area contributed by atoms with Gasteiger partial charge in [0, 0.05) is 12.0 Å². The summed E-state index contributed by atoms with van der Waals surface area (Å²) < 4.78 is 6.04. The number of ether oxygens (including phenoxy) is 1. The number of esters is 1. The van der Waals surface area contributed by atoms with Crippen LogP contribution in [0, 0.1) is 0 Å². The minimum Gasteiger partial charge on any atom is -0.453 e. The summed E-state index contributed by atoms with van der Waals surface area (Å²) in [6, 6.07) is 17.2. The average Bonchev–Trinajstić information content (AvgIpc) is 2.99. The number of cyclic esters (lactones) is 1. The van der Waals surface area contributed by atoms with Gasteiger partial charge in [-0.2, -0.15) is 5.10 Å². The molecule has 6 heteroatoms. The first kappa shape index (κ1) is 20.5. The zero-order chi connectivity index (χ0) is 20.9. The van der Waals surface area contributed by atoms with Gasteiger partial charge in [0.25, 0.3) is 5.91 Å². The van der Waals surface area contributed by atoms with Gasteiger partial charge in [-0.1, -0.05) is 54.6 Å². The molecule has 0 saturated carbocycles.